The van der Waals surface area contributed by atoms with Crippen molar-refractivity contribution < 1.29 is 4.79 Å². The first-order valence-corrected chi connectivity index (χ1v) is 7.51. The van der Waals surface area contributed by atoms with Crippen molar-refractivity contribution in [1.82, 2.24) is 4.57 Å². The van der Waals surface area contributed by atoms with Crippen molar-refractivity contribution in [2.45, 2.75) is 32.7 Å². The third-order valence-electron chi connectivity index (χ3n) is 3.44. The molecule has 1 aliphatic rings. The van der Waals surface area contributed by atoms with Crippen molar-refractivity contribution >= 4 is 40.9 Å². The molecule has 6 heteroatoms. The van der Waals surface area contributed by atoms with E-state index in [2.05, 4.69) is 9.56 Å². The number of carbonyl (C=O) groups is 1. The second kappa shape index (κ2) is 6.03. The van der Waals surface area contributed by atoms with Gasteiger partial charge >= 0.3 is 0 Å². The van der Waals surface area contributed by atoms with E-state index in [1.807, 2.05) is 31.2 Å². The van der Waals surface area contributed by atoms with Crippen LogP contribution in [0.15, 0.2) is 29.3 Å². The van der Waals surface area contributed by atoms with Gasteiger partial charge in [0.25, 0.3) is 0 Å². The molecule has 3 rings (SSSR count). The zero-order valence-corrected chi connectivity index (χ0v) is 13.6. The van der Waals surface area contributed by atoms with E-state index in [-0.39, 0.29) is 18.2 Å². The number of nitrogens with two attached hydrogens (primary N) is 1. The van der Waals surface area contributed by atoms with Crippen LogP contribution < -0.4 is 10.5 Å². The summed E-state index contributed by atoms with van der Waals surface area (Å²) in [5, 5.41) is 0. The fraction of sp³-hybridized carbons (Fsp3) is 0.333. The summed E-state index contributed by atoms with van der Waals surface area (Å²) in [6, 6.07) is 7.98. The van der Waals surface area contributed by atoms with Crippen LogP contribution in [0.1, 0.15) is 41.2 Å². The molecule has 0 atom stereocenters. The molecular formula is C15H18ClN3OS. The molecule has 4 nitrogen and oxygen atoms in total. The Morgan fingerprint density at radius 3 is 2.48 bits per heavy atom. The van der Waals surface area contributed by atoms with Crippen molar-refractivity contribution in [2.75, 3.05) is 5.73 Å². The van der Waals surface area contributed by atoms with Crippen LogP contribution in [0.25, 0.3) is 0 Å². The van der Waals surface area contributed by atoms with Gasteiger partial charge < -0.3 is 10.3 Å². The van der Waals surface area contributed by atoms with Crippen molar-refractivity contribution in [3.63, 3.8) is 0 Å². The van der Waals surface area contributed by atoms with Gasteiger partial charge in [0.2, 0.25) is 0 Å². The number of nitrogen functional groups attached to an aromatic ring is 1. The van der Waals surface area contributed by atoms with Gasteiger partial charge in [0.05, 0.1) is 10.6 Å². The highest BCUT2D eigenvalue weighted by Crippen LogP contribution is 2.36. The molecule has 2 N–H and O–H groups in total. The molecule has 1 heterocycles. The lowest BCUT2D eigenvalue weighted by Gasteiger charge is -2.03. The van der Waals surface area contributed by atoms with Crippen molar-refractivity contribution in [3.05, 3.63) is 39.6 Å². The number of anilines is 1. The lowest BCUT2D eigenvalue weighted by molar-refractivity contribution is 0.102. The van der Waals surface area contributed by atoms with E-state index in [9.17, 15) is 4.79 Å². The molecule has 0 bridgehead atoms. The van der Waals surface area contributed by atoms with Gasteiger partial charge in [-0.05, 0) is 44.0 Å². The number of carbonyl (C=O) groups excluding carboxylic acids is 1. The normalized spacial score (nSPS) is 14.9. The first-order chi connectivity index (χ1) is 9.56. The van der Waals surface area contributed by atoms with Crippen LogP contribution in [0.2, 0.25) is 0 Å². The second-order valence-corrected chi connectivity index (χ2v) is 6.14. The average molecular weight is 324 g/mol. The van der Waals surface area contributed by atoms with Crippen LogP contribution >= 0.6 is 23.7 Å². The van der Waals surface area contributed by atoms with Crippen LogP contribution in [0.4, 0.5) is 11.4 Å². The van der Waals surface area contributed by atoms with Gasteiger partial charge in [0, 0.05) is 24.3 Å². The van der Waals surface area contributed by atoms with Crippen LogP contribution in [-0.4, -0.2) is 10.4 Å². The van der Waals surface area contributed by atoms with E-state index in [0.29, 0.717) is 6.04 Å². The highest BCUT2D eigenvalue weighted by atomic mass is 35.5. The van der Waals surface area contributed by atoms with Crippen LogP contribution in [0, 0.1) is 6.92 Å². The Kier molecular flexibility index (Phi) is 4.54. The number of aromatic nitrogens is 1. The van der Waals surface area contributed by atoms with Crippen molar-refractivity contribution in [1.29, 1.82) is 0 Å². The van der Waals surface area contributed by atoms with Gasteiger partial charge in [0.15, 0.2) is 10.6 Å². The maximum Gasteiger partial charge on any atom is 0.191 e. The lowest BCUT2D eigenvalue weighted by atomic mass is 10.3. The average Bonchev–Trinajstić information content (AvgIpc) is 3.17. The summed E-state index contributed by atoms with van der Waals surface area (Å²) in [6.07, 6.45) is 2.34. The molecule has 1 aromatic heterocycles. The number of rotatable bonds is 3. The Morgan fingerprint density at radius 2 is 1.95 bits per heavy atom. The summed E-state index contributed by atoms with van der Waals surface area (Å²) < 4.78 is 2.21. The summed E-state index contributed by atoms with van der Waals surface area (Å²) in [5.74, 6) is 0.112. The summed E-state index contributed by atoms with van der Waals surface area (Å²) >= 11 is 1.48. The number of benzene rings is 1. The number of thiazole rings is 1. The van der Waals surface area contributed by atoms with E-state index < -0.39 is 0 Å². The van der Waals surface area contributed by atoms with Gasteiger partial charge in [-0.15, -0.1) is 12.4 Å². The number of halogens is 1. The molecule has 1 fully saturated rings. The van der Waals surface area contributed by atoms with Crippen LogP contribution in [0.5, 0.6) is 0 Å². The van der Waals surface area contributed by atoms with Gasteiger partial charge in [-0.1, -0.05) is 11.3 Å². The Balaban J connectivity index is 0.00000161. The van der Waals surface area contributed by atoms with Crippen molar-refractivity contribution in [2.24, 2.45) is 4.99 Å². The zero-order chi connectivity index (χ0) is 14.3. The second-order valence-electron chi connectivity index (χ2n) is 5.16. The monoisotopic (exact) mass is 323 g/mol. The van der Waals surface area contributed by atoms with E-state index in [4.69, 9.17) is 5.73 Å². The summed E-state index contributed by atoms with van der Waals surface area (Å²) in [6.45, 7) is 3.62. The minimum absolute atomic E-state index is 0. The number of ketones is 1. The van der Waals surface area contributed by atoms with E-state index in [1.54, 1.807) is 6.92 Å². The Hall–Kier alpha value is -1.59. The Morgan fingerprint density at radius 1 is 1.33 bits per heavy atom. The fourth-order valence-electron chi connectivity index (χ4n) is 2.29. The highest BCUT2D eigenvalue weighted by molar-refractivity contribution is 7.11. The topological polar surface area (TPSA) is 60.4 Å². The minimum Gasteiger partial charge on any atom is -0.399 e. The summed E-state index contributed by atoms with van der Waals surface area (Å²) in [4.78, 5) is 18.1. The highest BCUT2D eigenvalue weighted by Gasteiger charge is 2.28. The SMILES string of the molecule is CC(=O)c1s/c(=N\c2ccc(N)cc2)n(C2CC2)c1C.Cl. The molecule has 112 valence electrons. The predicted octanol–water partition coefficient (Wildman–Crippen LogP) is 3.63. The smallest absolute Gasteiger partial charge is 0.191 e. The van der Waals surface area contributed by atoms with Crippen LogP contribution in [0.3, 0.4) is 0 Å². The van der Waals surface area contributed by atoms with Gasteiger partial charge in [-0.2, -0.15) is 0 Å². The number of hydrogen-bond acceptors (Lipinski definition) is 4. The maximum atomic E-state index is 11.7. The quantitative estimate of drug-likeness (QED) is 0.692. The maximum absolute atomic E-state index is 11.7. The number of nitrogens with zero attached hydrogens (tertiary/aromatic N) is 2. The van der Waals surface area contributed by atoms with Crippen molar-refractivity contribution in [3.8, 4) is 0 Å². The molecule has 0 unspecified atom stereocenters. The van der Waals surface area contributed by atoms with Gasteiger partial charge in [-0.3, -0.25) is 4.79 Å². The molecule has 1 saturated carbocycles. The van der Waals surface area contributed by atoms with E-state index in [0.717, 1.165) is 26.7 Å². The molecule has 1 aliphatic carbocycles. The molecular weight excluding hydrogens is 306 g/mol. The van der Waals surface area contributed by atoms with Gasteiger partial charge in [-0.25, -0.2) is 4.99 Å². The lowest BCUT2D eigenvalue weighted by Crippen LogP contribution is -2.14. The predicted molar refractivity (Wildman–Crippen MR) is 88.6 cm³/mol. The molecule has 2 aromatic rings. The summed E-state index contributed by atoms with van der Waals surface area (Å²) in [7, 11) is 0. The first-order valence-electron chi connectivity index (χ1n) is 6.69. The zero-order valence-electron chi connectivity index (χ0n) is 12.0. The molecule has 0 amide bonds. The first kappa shape index (κ1) is 15.8. The van der Waals surface area contributed by atoms with Crippen LogP contribution in [-0.2, 0) is 0 Å². The molecule has 21 heavy (non-hydrogen) atoms. The standard InChI is InChI=1S/C15H17N3OS.ClH/c1-9-14(10(2)19)20-15(18(9)13-7-8-13)17-12-5-3-11(16)4-6-12;/h3-6,13H,7-8,16H2,1-2H3;1H/b17-15-;. The number of Topliss-reactive ketones (excluding diaryl/α,β-unsaturated/α-hetero) is 1. The van der Waals surface area contributed by atoms with E-state index >= 15 is 0 Å². The molecule has 1 aromatic carbocycles. The largest absolute Gasteiger partial charge is 0.399 e. The third kappa shape index (κ3) is 3.19. The molecule has 0 spiro atoms. The molecule has 0 aliphatic heterocycles. The molecule has 0 saturated heterocycles. The minimum atomic E-state index is 0. The Labute approximate surface area is 133 Å². The molecule has 0 radical (unpaired) electrons. The number of hydrogen-bond donors (Lipinski definition) is 1. The summed E-state index contributed by atoms with van der Waals surface area (Å²) in [5.41, 5.74) is 8.32. The van der Waals surface area contributed by atoms with Gasteiger partial charge in [0.1, 0.15) is 0 Å². The van der Waals surface area contributed by atoms with E-state index in [1.165, 1.54) is 24.2 Å². The fourth-order valence-corrected chi connectivity index (χ4v) is 3.40. The Bertz CT molecular complexity index is 726. The third-order valence-corrected chi connectivity index (χ3v) is 4.70.